The quantitative estimate of drug-likeness (QED) is 0.754. The van der Waals surface area contributed by atoms with Crippen LogP contribution in [0, 0.1) is 11.6 Å². The number of aromatic nitrogens is 4. The maximum absolute atomic E-state index is 13.2. The zero-order chi connectivity index (χ0) is 16.1. The number of hydrogen-bond donors (Lipinski definition) is 2. The van der Waals surface area contributed by atoms with Gasteiger partial charge in [0.15, 0.2) is 17.5 Å². The molecule has 116 valence electrons. The van der Waals surface area contributed by atoms with Gasteiger partial charge < -0.3 is 10.6 Å². The van der Waals surface area contributed by atoms with Crippen molar-refractivity contribution < 1.29 is 8.78 Å². The van der Waals surface area contributed by atoms with Gasteiger partial charge in [-0.1, -0.05) is 6.07 Å². The van der Waals surface area contributed by atoms with Crippen LogP contribution < -0.4 is 10.6 Å². The summed E-state index contributed by atoms with van der Waals surface area (Å²) in [4.78, 5) is 8.37. The van der Waals surface area contributed by atoms with E-state index in [1.165, 1.54) is 12.3 Å². The molecule has 0 saturated carbocycles. The van der Waals surface area contributed by atoms with Crippen molar-refractivity contribution in [1.29, 1.82) is 0 Å². The summed E-state index contributed by atoms with van der Waals surface area (Å²) in [6, 6.07) is 9.05. The highest BCUT2D eigenvalue weighted by Crippen LogP contribution is 2.17. The summed E-state index contributed by atoms with van der Waals surface area (Å²) in [5.74, 6) is -1.20. The molecular weight excluding hydrogens is 302 g/mol. The molecule has 3 aromatic rings. The summed E-state index contributed by atoms with van der Waals surface area (Å²) in [5.41, 5.74) is 1.19. The van der Waals surface area contributed by atoms with Gasteiger partial charge in [-0.15, -0.1) is 5.10 Å². The van der Waals surface area contributed by atoms with E-state index in [-0.39, 0.29) is 0 Å². The first kappa shape index (κ1) is 14.8. The second-order valence-corrected chi connectivity index (χ2v) is 4.59. The predicted molar refractivity (Wildman–Crippen MR) is 81.0 cm³/mol. The van der Waals surface area contributed by atoms with Crippen molar-refractivity contribution in [3.63, 3.8) is 0 Å². The Hall–Kier alpha value is -3.16. The Labute approximate surface area is 130 Å². The molecule has 0 spiro atoms. The first-order valence-electron chi connectivity index (χ1n) is 6.76. The molecule has 0 atom stereocenters. The number of nitrogens with one attached hydrogen (secondary N) is 2. The lowest BCUT2D eigenvalue weighted by Crippen LogP contribution is -2.07. The molecule has 0 saturated heterocycles. The van der Waals surface area contributed by atoms with Crippen molar-refractivity contribution in [3.05, 3.63) is 66.1 Å². The maximum Gasteiger partial charge on any atom is 0.245 e. The van der Waals surface area contributed by atoms with Gasteiger partial charge in [0.1, 0.15) is 0 Å². The molecule has 3 rings (SSSR count). The molecule has 2 heterocycles. The number of benzene rings is 1. The summed E-state index contributed by atoms with van der Waals surface area (Å²) in [6.45, 7) is 0.442. The molecule has 2 aromatic heterocycles. The molecule has 0 unspecified atom stereocenters. The Balaban J connectivity index is 1.68. The summed E-state index contributed by atoms with van der Waals surface area (Å²) in [5, 5.41) is 13.5. The van der Waals surface area contributed by atoms with Crippen molar-refractivity contribution in [3.8, 4) is 0 Å². The molecule has 23 heavy (non-hydrogen) atoms. The first-order chi connectivity index (χ1) is 11.2. The Morgan fingerprint density at radius 1 is 1.04 bits per heavy atom. The van der Waals surface area contributed by atoms with E-state index >= 15 is 0 Å². The second kappa shape index (κ2) is 6.73. The molecule has 8 heteroatoms. The molecule has 2 N–H and O–H groups in total. The van der Waals surface area contributed by atoms with Crippen molar-refractivity contribution in [2.45, 2.75) is 6.54 Å². The molecule has 0 bridgehead atoms. The summed E-state index contributed by atoms with van der Waals surface area (Å²) < 4.78 is 26.1. The fourth-order valence-electron chi connectivity index (χ4n) is 1.83. The summed E-state index contributed by atoms with van der Waals surface area (Å²) >= 11 is 0. The largest absolute Gasteiger partial charge is 0.347 e. The Kier molecular flexibility index (Phi) is 4.32. The third-order valence-electron chi connectivity index (χ3n) is 2.90. The van der Waals surface area contributed by atoms with Crippen LogP contribution in [-0.2, 0) is 6.54 Å². The fourth-order valence-corrected chi connectivity index (χ4v) is 1.83. The van der Waals surface area contributed by atoms with E-state index in [4.69, 9.17) is 0 Å². The molecule has 6 nitrogen and oxygen atoms in total. The van der Waals surface area contributed by atoms with Crippen molar-refractivity contribution in [2.24, 2.45) is 0 Å². The number of hydrogen-bond acceptors (Lipinski definition) is 6. The SMILES string of the molecule is Fc1ccc(Nc2cnnc(NCc3ccccn3)n2)cc1F. The van der Waals surface area contributed by atoms with Gasteiger partial charge >= 0.3 is 0 Å². The normalized spacial score (nSPS) is 10.3. The number of rotatable bonds is 5. The van der Waals surface area contributed by atoms with Crippen LogP contribution in [0.4, 0.5) is 26.2 Å². The Morgan fingerprint density at radius 3 is 2.74 bits per heavy atom. The molecule has 1 aromatic carbocycles. The van der Waals surface area contributed by atoms with Crippen LogP contribution in [0.3, 0.4) is 0 Å². The highest BCUT2D eigenvalue weighted by molar-refractivity contribution is 5.56. The van der Waals surface area contributed by atoms with E-state index in [0.717, 1.165) is 17.8 Å². The molecule has 0 fully saturated rings. The van der Waals surface area contributed by atoms with Crippen LogP contribution in [-0.4, -0.2) is 20.2 Å². The topological polar surface area (TPSA) is 75.6 Å². The number of halogens is 2. The molecule has 0 radical (unpaired) electrons. The first-order valence-corrected chi connectivity index (χ1v) is 6.76. The molecular formula is C15H12F2N6. The van der Waals surface area contributed by atoms with E-state index in [1.54, 1.807) is 6.20 Å². The van der Waals surface area contributed by atoms with E-state index in [1.807, 2.05) is 18.2 Å². The molecule has 0 aliphatic heterocycles. The van der Waals surface area contributed by atoms with Crippen molar-refractivity contribution >= 4 is 17.5 Å². The number of nitrogens with zero attached hydrogens (tertiary/aromatic N) is 4. The zero-order valence-corrected chi connectivity index (χ0v) is 11.9. The minimum Gasteiger partial charge on any atom is -0.347 e. The van der Waals surface area contributed by atoms with Crippen LogP contribution in [0.2, 0.25) is 0 Å². The zero-order valence-electron chi connectivity index (χ0n) is 11.9. The lowest BCUT2D eigenvalue weighted by molar-refractivity contribution is 0.509. The van der Waals surface area contributed by atoms with Crippen molar-refractivity contribution in [1.82, 2.24) is 20.2 Å². The number of anilines is 3. The van der Waals surface area contributed by atoms with Crippen LogP contribution in [0.1, 0.15) is 5.69 Å². The Morgan fingerprint density at radius 2 is 1.96 bits per heavy atom. The van der Waals surface area contributed by atoms with Crippen LogP contribution in [0.25, 0.3) is 0 Å². The van der Waals surface area contributed by atoms with E-state index in [0.29, 0.717) is 24.0 Å². The van der Waals surface area contributed by atoms with Gasteiger partial charge in [0.25, 0.3) is 0 Å². The fraction of sp³-hybridized carbons (Fsp3) is 0.0667. The highest BCUT2D eigenvalue weighted by Gasteiger charge is 2.05. The Bertz CT molecular complexity index is 797. The minimum absolute atomic E-state index is 0.295. The van der Waals surface area contributed by atoms with Crippen LogP contribution >= 0.6 is 0 Å². The smallest absolute Gasteiger partial charge is 0.245 e. The lowest BCUT2D eigenvalue weighted by Gasteiger charge is -2.07. The third-order valence-corrected chi connectivity index (χ3v) is 2.90. The third kappa shape index (κ3) is 3.94. The predicted octanol–water partition coefficient (Wildman–Crippen LogP) is 2.90. The molecule has 0 aliphatic carbocycles. The monoisotopic (exact) mass is 314 g/mol. The standard InChI is InChI=1S/C15H12F2N6/c16-12-5-4-10(7-13(12)17)21-14-9-20-23-15(22-14)19-8-11-3-1-2-6-18-11/h1-7,9H,8H2,(H2,19,21,22,23). The van der Waals surface area contributed by atoms with Gasteiger partial charge in [0.05, 0.1) is 18.4 Å². The average Bonchev–Trinajstić information content (AvgIpc) is 2.58. The minimum atomic E-state index is -0.939. The van der Waals surface area contributed by atoms with Gasteiger partial charge in [-0.25, -0.2) is 8.78 Å². The molecule has 0 amide bonds. The van der Waals surface area contributed by atoms with Crippen molar-refractivity contribution in [2.75, 3.05) is 10.6 Å². The molecule has 0 aliphatic rings. The maximum atomic E-state index is 13.2. The van der Waals surface area contributed by atoms with Gasteiger partial charge in [0, 0.05) is 18.0 Å². The van der Waals surface area contributed by atoms with E-state index in [9.17, 15) is 8.78 Å². The van der Waals surface area contributed by atoms with Gasteiger partial charge in [0.2, 0.25) is 5.95 Å². The van der Waals surface area contributed by atoms with Gasteiger partial charge in [-0.2, -0.15) is 10.1 Å². The number of pyridine rings is 1. The van der Waals surface area contributed by atoms with Gasteiger partial charge in [-0.05, 0) is 24.3 Å². The van der Waals surface area contributed by atoms with Crippen LogP contribution in [0.5, 0.6) is 0 Å². The van der Waals surface area contributed by atoms with E-state index in [2.05, 4.69) is 30.8 Å². The summed E-state index contributed by atoms with van der Waals surface area (Å²) in [7, 11) is 0. The highest BCUT2D eigenvalue weighted by atomic mass is 19.2. The van der Waals surface area contributed by atoms with E-state index < -0.39 is 11.6 Å². The average molecular weight is 314 g/mol. The summed E-state index contributed by atoms with van der Waals surface area (Å²) in [6.07, 6.45) is 3.07. The van der Waals surface area contributed by atoms with Crippen LogP contribution in [0.15, 0.2) is 48.8 Å². The second-order valence-electron chi connectivity index (χ2n) is 4.59. The van der Waals surface area contributed by atoms with Gasteiger partial charge in [-0.3, -0.25) is 4.98 Å². The lowest BCUT2D eigenvalue weighted by atomic mass is 10.3.